The second-order valence-electron chi connectivity index (χ2n) is 5.99. The molecule has 19 heavy (non-hydrogen) atoms. The fraction of sp³-hybridized carbons (Fsp3) is 0.643. The zero-order chi connectivity index (χ0) is 14.0. The van der Waals surface area contributed by atoms with Crippen LogP contribution in [0.4, 0.5) is 4.79 Å². The molecule has 0 aliphatic carbocycles. The van der Waals surface area contributed by atoms with Crippen LogP contribution >= 0.6 is 11.3 Å². The van der Waals surface area contributed by atoms with Crippen LogP contribution in [0.5, 0.6) is 0 Å². The van der Waals surface area contributed by atoms with Crippen LogP contribution in [0, 0.1) is 0 Å². The number of rotatable bonds is 3. The number of carbonyl (C=O) groups is 1. The Morgan fingerprint density at radius 3 is 2.74 bits per heavy atom. The summed E-state index contributed by atoms with van der Waals surface area (Å²) in [6.07, 6.45) is -0.214. The molecule has 4 nitrogen and oxygen atoms in total. The van der Waals surface area contributed by atoms with Gasteiger partial charge in [0.05, 0.1) is 0 Å². The minimum atomic E-state index is -0.417. The predicted octanol–water partition coefficient (Wildman–Crippen LogP) is 3.02. The molecule has 0 bridgehead atoms. The van der Waals surface area contributed by atoms with Crippen LogP contribution in [-0.4, -0.2) is 35.7 Å². The molecule has 2 rings (SSSR count). The summed E-state index contributed by atoms with van der Waals surface area (Å²) >= 11 is 1.75. The third kappa shape index (κ3) is 3.94. The highest BCUT2D eigenvalue weighted by molar-refractivity contribution is 7.10. The molecule has 1 fully saturated rings. The smallest absolute Gasteiger partial charge is 0.410 e. The van der Waals surface area contributed by atoms with E-state index < -0.39 is 5.60 Å². The Balaban J connectivity index is 1.73. The Morgan fingerprint density at radius 2 is 2.21 bits per heavy atom. The molecule has 0 radical (unpaired) electrons. The van der Waals surface area contributed by atoms with E-state index in [4.69, 9.17) is 4.74 Å². The first-order valence-electron chi connectivity index (χ1n) is 6.62. The quantitative estimate of drug-likeness (QED) is 0.926. The summed E-state index contributed by atoms with van der Waals surface area (Å²) in [5.41, 5.74) is -0.417. The molecule has 1 aromatic rings. The summed E-state index contributed by atoms with van der Waals surface area (Å²) in [5, 5.41) is 5.61. The number of ether oxygens (including phenoxy) is 1. The molecular formula is C14H22N2O2S. The van der Waals surface area contributed by atoms with Gasteiger partial charge in [-0.3, -0.25) is 0 Å². The molecule has 0 unspecified atom stereocenters. The Hall–Kier alpha value is -1.07. The van der Waals surface area contributed by atoms with Gasteiger partial charge in [0.2, 0.25) is 0 Å². The van der Waals surface area contributed by atoms with Gasteiger partial charge in [0, 0.05) is 30.1 Å². The highest BCUT2D eigenvalue weighted by Gasteiger charge is 2.34. The van der Waals surface area contributed by atoms with Crippen molar-refractivity contribution in [2.75, 3.05) is 13.1 Å². The van der Waals surface area contributed by atoms with Crippen LogP contribution in [0.25, 0.3) is 0 Å². The van der Waals surface area contributed by atoms with Crippen LogP contribution in [0.1, 0.15) is 38.6 Å². The lowest BCUT2D eigenvalue weighted by molar-refractivity contribution is 0.00437. The number of nitrogens with zero attached hydrogens (tertiary/aromatic N) is 1. The van der Waals surface area contributed by atoms with Crippen LogP contribution in [0.15, 0.2) is 17.5 Å². The van der Waals surface area contributed by atoms with Crippen molar-refractivity contribution in [2.45, 2.75) is 45.4 Å². The van der Waals surface area contributed by atoms with Crippen molar-refractivity contribution in [3.05, 3.63) is 22.4 Å². The topological polar surface area (TPSA) is 41.6 Å². The molecule has 1 aliphatic heterocycles. The molecule has 5 heteroatoms. The fourth-order valence-corrected chi connectivity index (χ4v) is 2.78. The van der Waals surface area contributed by atoms with Gasteiger partial charge in [-0.15, -0.1) is 11.3 Å². The summed E-state index contributed by atoms with van der Waals surface area (Å²) in [4.78, 5) is 14.8. The molecule has 1 aliphatic rings. The Morgan fingerprint density at radius 1 is 1.53 bits per heavy atom. The third-order valence-electron chi connectivity index (χ3n) is 2.99. The van der Waals surface area contributed by atoms with Gasteiger partial charge in [-0.05, 0) is 39.1 Å². The van der Waals surface area contributed by atoms with E-state index in [0.717, 1.165) is 13.1 Å². The second kappa shape index (κ2) is 5.51. The Bertz CT molecular complexity index is 419. The lowest BCUT2D eigenvalue weighted by Crippen LogP contribution is -2.60. The second-order valence-corrected chi connectivity index (χ2v) is 6.97. The maximum absolute atomic E-state index is 11.8. The normalized spacial score (nSPS) is 18.0. The summed E-state index contributed by atoms with van der Waals surface area (Å²) in [6, 6.07) is 4.90. The first-order valence-corrected chi connectivity index (χ1v) is 7.50. The van der Waals surface area contributed by atoms with Gasteiger partial charge >= 0.3 is 6.09 Å². The van der Waals surface area contributed by atoms with Crippen molar-refractivity contribution in [3.8, 4) is 0 Å². The minimum absolute atomic E-state index is 0.214. The highest BCUT2D eigenvalue weighted by atomic mass is 32.1. The fourth-order valence-electron chi connectivity index (χ4n) is 2.03. The average Bonchev–Trinajstić information content (AvgIpc) is 2.72. The standard InChI is InChI=1S/C14H22N2O2S/c1-10(12-6-5-7-19-12)15-11-8-16(9-11)13(17)18-14(2,3)4/h5-7,10-11,15H,8-9H2,1-4H3/t10-/m0/s1. The van der Waals surface area contributed by atoms with E-state index in [0.29, 0.717) is 12.1 Å². The van der Waals surface area contributed by atoms with Gasteiger partial charge in [0.25, 0.3) is 0 Å². The molecule has 1 N–H and O–H groups in total. The van der Waals surface area contributed by atoms with Crippen LogP contribution in [0.3, 0.4) is 0 Å². The van der Waals surface area contributed by atoms with Crippen molar-refractivity contribution in [2.24, 2.45) is 0 Å². The van der Waals surface area contributed by atoms with Crippen molar-refractivity contribution < 1.29 is 9.53 Å². The number of carbonyl (C=O) groups excluding carboxylic acids is 1. The summed E-state index contributed by atoms with van der Waals surface area (Å²) in [7, 11) is 0. The minimum Gasteiger partial charge on any atom is -0.444 e. The molecule has 1 aromatic heterocycles. The van der Waals surface area contributed by atoms with E-state index in [1.54, 1.807) is 16.2 Å². The zero-order valence-electron chi connectivity index (χ0n) is 12.0. The number of amides is 1. The molecule has 1 saturated heterocycles. The largest absolute Gasteiger partial charge is 0.444 e. The van der Waals surface area contributed by atoms with E-state index in [2.05, 4.69) is 29.8 Å². The number of hydrogen-bond donors (Lipinski definition) is 1. The SMILES string of the molecule is C[C@H](NC1CN(C(=O)OC(C)(C)C)C1)c1cccs1. The Labute approximate surface area is 118 Å². The van der Waals surface area contributed by atoms with Gasteiger partial charge in [0.1, 0.15) is 5.60 Å². The van der Waals surface area contributed by atoms with Crippen LogP contribution in [0.2, 0.25) is 0 Å². The monoisotopic (exact) mass is 282 g/mol. The lowest BCUT2D eigenvalue weighted by atomic mass is 10.1. The molecule has 0 saturated carbocycles. The number of hydrogen-bond acceptors (Lipinski definition) is 4. The van der Waals surface area contributed by atoms with Gasteiger partial charge < -0.3 is 15.0 Å². The molecular weight excluding hydrogens is 260 g/mol. The number of likely N-dealkylation sites (tertiary alicyclic amines) is 1. The van der Waals surface area contributed by atoms with Gasteiger partial charge in [-0.1, -0.05) is 6.07 Å². The van der Waals surface area contributed by atoms with Crippen LogP contribution < -0.4 is 5.32 Å². The third-order valence-corrected chi connectivity index (χ3v) is 4.04. The number of nitrogens with one attached hydrogen (secondary N) is 1. The predicted molar refractivity (Wildman–Crippen MR) is 77.5 cm³/mol. The molecule has 106 valence electrons. The van der Waals surface area contributed by atoms with Gasteiger partial charge in [-0.2, -0.15) is 0 Å². The van der Waals surface area contributed by atoms with E-state index in [1.165, 1.54) is 4.88 Å². The summed E-state index contributed by atoms with van der Waals surface area (Å²) in [6.45, 7) is 9.27. The van der Waals surface area contributed by atoms with Crippen LogP contribution in [-0.2, 0) is 4.74 Å². The van der Waals surface area contributed by atoms with E-state index in [9.17, 15) is 4.79 Å². The molecule has 2 heterocycles. The molecule has 1 atom stereocenters. The van der Waals surface area contributed by atoms with Crippen molar-refractivity contribution in [1.29, 1.82) is 0 Å². The first kappa shape index (κ1) is 14.3. The summed E-state index contributed by atoms with van der Waals surface area (Å²) < 4.78 is 5.33. The van der Waals surface area contributed by atoms with Gasteiger partial charge in [0.15, 0.2) is 0 Å². The van der Waals surface area contributed by atoms with Crippen molar-refractivity contribution in [1.82, 2.24) is 10.2 Å². The number of thiophene rings is 1. The highest BCUT2D eigenvalue weighted by Crippen LogP contribution is 2.21. The van der Waals surface area contributed by atoms with E-state index >= 15 is 0 Å². The van der Waals surface area contributed by atoms with Crippen molar-refractivity contribution >= 4 is 17.4 Å². The zero-order valence-corrected chi connectivity index (χ0v) is 12.8. The summed E-state index contributed by atoms with van der Waals surface area (Å²) in [5.74, 6) is 0. The maximum Gasteiger partial charge on any atom is 0.410 e. The van der Waals surface area contributed by atoms with E-state index in [-0.39, 0.29) is 6.09 Å². The molecule has 0 aromatic carbocycles. The van der Waals surface area contributed by atoms with E-state index in [1.807, 2.05) is 20.8 Å². The molecule has 1 amide bonds. The van der Waals surface area contributed by atoms with Crippen molar-refractivity contribution in [3.63, 3.8) is 0 Å². The van der Waals surface area contributed by atoms with Gasteiger partial charge in [-0.25, -0.2) is 4.79 Å². The maximum atomic E-state index is 11.8. The average molecular weight is 282 g/mol. The first-order chi connectivity index (χ1) is 8.85. The lowest BCUT2D eigenvalue weighted by Gasteiger charge is -2.41. The Kier molecular flexibility index (Phi) is 4.16. The molecule has 0 spiro atoms.